The van der Waals surface area contributed by atoms with Gasteiger partial charge in [-0.15, -0.1) is 0 Å². The van der Waals surface area contributed by atoms with Crippen molar-refractivity contribution >= 4 is 5.97 Å². The number of ether oxygens (including phenoxy) is 1. The van der Waals surface area contributed by atoms with Gasteiger partial charge in [0, 0.05) is 12.1 Å². The fourth-order valence-corrected chi connectivity index (χ4v) is 1.98. The Balaban J connectivity index is 2.65. The molecule has 0 aromatic heterocycles. The zero-order chi connectivity index (χ0) is 15.0. The van der Waals surface area contributed by atoms with E-state index in [0.717, 1.165) is 17.7 Å². The Hall–Kier alpha value is -1.55. The van der Waals surface area contributed by atoms with Crippen molar-refractivity contribution in [3.8, 4) is 5.75 Å². The standard InChI is InChI=1S/C16H25NO3/c1-4-9-20-15-8-6-5-7-13(15)11-17-14(16(18)19)10-12(2)3/h5-8,12,14,17H,4,9-11H2,1-3H3,(H,18,19). The van der Waals surface area contributed by atoms with Gasteiger partial charge in [0.1, 0.15) is 11.8 Å². The Labute approximate surface area is 121 Å². The molecule has 4 heteroatoms. The van der Waals surface area contributed by atoms with Crippen LogP contribution < -0.4 is 10.1 Å². The molecule has 0 saturated carbocycles. The van der Waals surface area contributed by atoms with E-state index < -0.39 is 12.0 Å². The number of aliphatic carboxylic acids is 1. The molecule has 0 aliphatic carbocycles. The van der Waals surface area contributed by atoms with Gasteiger partial charge in [0.25, 0.3) is 0 Å². The highest BCUT2D eigenvalue weighted by Crippen LogP contribution is 2.18. The molecule has 1 atom stereocenters. The highest BCUT2D eigenvalue weighted by atomic mass is 16.5. The second-order valence-corrected chi connectivity index (χ2v) is 5.36. The number of rotatable bonds is 9. The Morgan fingerprint density at radius 1 is 1.35 bits per heavy atom. The summed E-state index contributed by atoms with van der Waals surface area (Å²) in [6.45, 7) is 7.28. The quantitative estimate of drug-likeness (QED) is 0.729. The van der Waals surface area contributed by atoms with Gasteiger partial charge >= 0.3 is 5.97 Å². The van der Waals surface area contributed by atoms with Crippen molar-refractivity contribution in [3.63, 3.8) is 0 Å². The molecule has 0 spiro atoms. The molecule has 20 heavy (non-hydrogen) atoms. The van der Waals surface area contributed by atoms with Gasteiger partial charge in [0.05, 0.1) is 6.61 Å². The van der Waals surface area contributed by atoms with Crippen LogP contribution in [0.2, 0.25) is 0 Å². The van der Waals surface area contributed by atoms with Crippen LogP contribution in [0.5, 0.6) is 5.75 Å². The van der Waals surface area contributed by atoms with E-state index in [2.05, 4.69) is 12.2 Å². The zero-order valence-electron chi connectivity index (χ0n) is 12.6. The van der Waals surface area contributed by atoms with Crippen molar-refractivity contribution in [1.29, 1.82) is 0 Å². The van der Waals surface area contributed by atoms with Gasteiger partial charge < -0.3 is 15.2 Å². The normalized spacial score (nSPS) is 12.4. The minimum atomic E-state index is -0.800. The topological polar surface area (TPSA) is 58.6 Å². The Morgan fingerprint density at radius 2 is 2.05 bits per heavy atom. The molecule has 1 unspecified atom stereocenters. The van der Waals surface area contributed by atoms with Crippen LogP contribution >= 0.6 is 0 Å². The van der Waals surface area contributed by atoms with Crippen LogP contribution in [-0.4, -0.2) is 23.7 Å². The van der Waals surface area contributed by atoms with Crippen molar-refractivity contribution < 1.29 is 14.6 Å². The van der Waals surface area contributed by atoms with E-state index in [0.29, 0.717) is 25.5 Å². The van der Waals surface area contributed by atoms with Crippen molar-refractivity contribution in [2.75, 3.05) is 6.61 Å². The van der Waals surface area contributed by atoms with Crippen molar-refractivity contribution in [2.45, 2.75) is 46.2 Å². The van der Waals surface area contributed by atoms with Gasteiger partial charge in [0.15, 0.2) is 0 Å². The molecule has 0 aliphatic rings. The molecular weight excluding hydrogens is 254 g/mol. The first-order chi connectivity index (χ1) is 9.54. The van der Waals surface area contributed by atoms with E-state index in [1.807, 2.05) is 38.1 Å². The fraction of sp³-hybridized carbons (Fsp3) is 0.562. The number of carbonyl (C=O) groups is 1. The lowest BCUT2D eigenvalue weighted by Gasteiger charge is -2.18. The van der Waals surface area contributed by atoms with E-state index in [1.54, 1.807) is 0 Å². The van der Waals surface area contributed by atoms with Gasteiger partial charge in [-0.25, -0.2) is 0 Å². The number of hydrogen-bond acceptors (Lipinski definition) is 3. The Morgan fingerprint density at radius 3 is 2.65 bits per heavy atom. The first-order valence-corrected chi connectivity index (χ1v) is 7.21. The van der Waals surface area contributed by atoms with Crippen molar-refractivity contribution in [1.82, 2.24) is 5.32 Å². The summed E-state index contributed by atoms with van der Waals surface area (Å²) >= 11 is 0. The Kier molecular flexibility index (Phi) is 7.09. The summed E-state index contributed by atoms with van der Waals surface area (Å²) in [4.78, 5) is 11.2. The summed E-state index contributed by atoms with van der Waals surface area (Å²) in [5.41, 5.74) is 0.996. The number of carboxylic acid groups (broad SMARTS) is 1. The molecule has 0 amide bonds. The maximum absolute atomic E-state index is 11.2. The van der Waals surface area contributed by atoms with E-state index in [-0.39, 0.29) is 0 Å². The lowest BCUT2D eigenvalue weighted by Crippen LogP contribution is -2.37. The Bertz CT molecular complexity index is 418. The van der Waals surface area contributed by atoms with Crippen molar-refractivity contribution in [2.24, 2.45) is 5.92 Å². The molecule has 2 N–H and O–H groups in total. The zero-order valence-corrected chi connectivity index (χ0v) is 12.6. The van der Waals surface area contributed by atoms with Gasteiger partial charge in [-0.05, 0) is 24.8 Å². The lowest BCUT2D eigenvalue weighted by molar-refractivity contribution is -0.140. The monoisotopic (exact) mass is 279 g/mol. The van der Waals surface area contributed by atoms with Crippen LogP contribution in [0.25, 0.3) is 0 Å². The number of nitrogens with one attached hydrogen (secondary N) is 1. The molecule has 0 heterocycles. The van der Waals surface area contributed by atoms with Gasteiger partial charge in [0.2, 0.25) is 0 Å². The minimum Gasteiger partial charge on any atom is -0.493 e. The molecule has 0 fully saturated rings. The van der Waals surface area contributed by atoms with Crippen LogP contribution in [0.1, 0.15) is 39.2 Å². The number of hydrogen-bond donors (Lipinski definition) is 2. The molecule has 4 nitrogen and oxygen atoms in total. The van der Waals surface area contributed by atoms with Crippen LogP contribution in [0.4, 0.5) is 0 Å². The first kappa shape index (κ1) is 16.5. The SMILES string of the molecule is CCCOc1ccccc1CNC(CC(C)C)C(=O)O. The molecule has 1 aromatic rings. The largest absolute Gasteiger partial charge is 0.493 e. The maximum atomic E-state index is 11.2. The molecular formula is C16H25NO3. The molecule has 0 bridgehead atoms. The second-order valence-electron chi connectivity index (χ2n) is 5.36. The van der Waals surface area contributed by atoms with Gasteiger partial charge in [-0.2, -0.15) is 0 Å². The van der Waals surface area contributed by atoms with Crippen LogP contribution in [0.3, 0.4) is 0 Å². The second kappa shape index (κ2) is 8.59. The van der Waals surface area contributed by atoms with Crippen molar-refractivity contribution in [3.05, 3.63) is 29.8 Å². The van der Waals surface area contributed by atoms with Gasteiger partial charge in [-0.1, -0.05) is 39.0 Å². The fourth-order valence-electron chi connectivity index (χ4n) is 1.98. The lowest BCUT2D eigenvalue weighted by atomic mass is 10.0. The average molecular weight is 279 g/mol. The smallest absolute Gasteiger partial charge is 0.320 e. The summed E-state index contributed by atoms with van der Waals surface area (Å²) in [6.07, 6.45) is 1.57. The highest BCUT2D eigenvalue weighted by Gasteiger charge is 2.18. The third-order valence-electron chi connectivity index (χ3n) is 2.98. The van der Waals surface area contributed by atoms with Gasteiger partial charge in [-0.3, -0.25) is 4.79 Å². The van der Waals surface area contributed by atoms with Crippen LogP contribution in [0, 0.1) is 5.92 Å². The van der Waals surface area contributed by atoms with E-state index >= 15 is 0 Å². The number of para-hydroxylation sites is 1. The predicted molar refractivity (Wildman–Crippen MR) is 79.9 cm³/mol. The predicted octanol–water partition coefficient (Wildman–Crippen LogP) is 3.06. The molecule has 1 aromatic carbocycles. The number of benzene rings is 1. The van der Waals surface area contributed by atoms with E-state index in [9.17, 15) is 9.90 Å². The third-order valence-corrected chi connectivity index (χ3v) is 2.98. The molecule has 0 saturated heterocycles. The first-order valence-electron chi connectivity index (χ1n) is 7.21. The summed E-state index contributed by atoms with van der Waals surface area (Å²) in [7, 11) is 0. The van der Waals surface area contributed by atoms with E-state index in [1.165, 1.54) is 0 Å². The highest BCUT2D eigenvalue weighted by molar-refractivity contribution is 5.73. The number of carboxylic acids is 1. The average Bonchev–Trinajstić information content (AvgIpc) is 2.41. The summed E-state index contributed by atoms with van der Waals surface area (Å²) in [5, 5.41) is 12.3. The molecule has 1 rings (SSSR count). The van der Waals surface area contributed by atoms with Crippen LogP contribution in [-0.2, 0) is 11.3 Å². The molecule has 0 aliphatic heterocycles. The maximum Gasteiger partial charge on any atom is 0.320 e. The molecule has 0 radical (unpaired) electrons. The third kappa shape index (κ3) is 5.61. The minimum absolute atomic E-state index is 0.343. The van der Waals surface area contributed by atoms with Crippen LogP contribution in [0.15, 0.2) is 24.3 Å². The summed E-state index contributed by atoms with van der Waals surface area (Å²) < 4.78 is 5.67. The van der Waals surface area contributed by atoms with E-state index in [4.69, 9.17) is 4.74 Å². The molecule has 112 valence electrons. The summed E-state index contributed by atoms with van der Waals surface area (Å²) in [5.74, 6) is 0.372. The summed E-state index contributed by atoms with van der Waals surface area (Å²) in [6, 6.07) is 7.23.